The number of aryl methyl sites for hydroxylation is 1. The predicted molar refractivity (Wildman–Crippen MR) is 81.7 cm³/mol. The van der Waals surface area contributed by atoms with Crippen LogP contribution in [-0.2, 0) is 16.1 Å². The molecule has 1 unspecified atom stereocenters. The van der Waals surface area contributed by atoms with Gasteiger partial charge in [-0.05, 0) is 27.2 Å². The highest BCUT2D eigenvalue weighted by atomic mass is 32.1. The van der Waals surface area contributed by atoms with Gasteiger partial charge in [-0.2, -0.15) is 0 Å². The van der Waals surface area contributed by atoms with E-state index in [1.807, 2.05) is 13.8 Å². The number of aliphatic carboxylic acids is 1. The van der Waals surface area contributed by atoms with Crippen LogP contribution in [0.1, 0.15) is 38.8 Å². The van der Waals surface area contributed by atoms with Crippen LogP contribution >= 0.6 is 11.3 Å². The number of carboxylic acid groups (broad SMARTS) is 1. The molecule has 21 heavy (non-hydrogen) atoms. The van der Waals surface area contributed by atoms with Crippen LogP contribution in [0.4, 0.5) is 0 Å². The molecule has 1 atom stereocenters. The zero-order valence-corrected chi connectivity index (χ0v) is 13.5. The highest BCUT2D eigenvalue weighted by molar-refractivity contribution is 7.07. The third-order valence-electron chi connectivity index (χ3n) is 3.41. The van der Waals surface area contributed by atoms with E-state index in [1.165, 1.54) is 0 Å². The zero-order valence-electron chi connectivity index (χ0n) is 12.7. The number of nitrogens with zero attached hydrogens (tertiary/aromatic N) is 2. The van der Waals surface area contributed by atoms with Crippen molar-refractivity contribution in [2.75, 3.05) is 6.54 Å². The minimum absolute atomic E-state index is 0.00783. The van der Waals surface area contributed by atoms with Gasteiger partial charge in [-0.1, -0.05) is 11.3 Å². The summed E-state index contributed by atoms with van der Waals surface area (Å²) in [5.41, 5.74) is 0.907. The highest BCUT2D eigenvalue weighted by Crippen LogP contribution is 2.09. The number of aromatic nitrogens is 1. The fourth-order valence-corrected chi connectivity index (χ4v) is 3.06. The van der Waals surface area contributed by atoms with Gasteiger partial charge >= 0.3 is 10.8 Å². The fourth-order valence-electron chi connectivity index (χ4n) is 2.30. The van der Waals surface area contributed by atoms with Crippen LogP contribution in [0.3, 0.4) is 0 Å². The van der Waals surface area contributed by atoms with Gasteiger partial charge in [0.25, 0.3) is 0 Å². The van der Waals surface area contributed by atoms with E-state index in [-0.39, 0.29) is 23.2 Å². The van der Waals surface area contributed by atoms with Crippen molar-refractivity contribution in [1.29, 1.82) is 0 Å². The van der Waals surface area contributed by atoms with Crippen LogP contribution in [-0.4, -0.2) is 39.0 Å². The monoisotopic (exact) mass is 314 g/mol. The van der Waals surface area contributed by atoms with E-state index in [9.17, 15) is 14.4 Å². The maximum absolute atomic E-state index is 12.1. The molecule has 0 aromatic carbocycles. The van der Waals surface area contributed by atoms with Crippen LogP contribution in [0, 0.1) is 6.92 Å². The quantitative estimate of drug-likeness (QED) is 0.792. The third-order valence-corrected chi connectivity index (χ3v) is 4.29. The van der Waals surface area contributed by atoms with E-state index < -0.39 is 5.97 Å². The molecule has 0 aliphatic carbocycles. The molecule has 1 amide bonds. The Morgan fingerprint density at radius 1 is 1.48 bits per heavy atom. The first kappa shape index (κ1) is 17.4. The number of amides is 1. The van der Waals surface area contributed by atoms with Crippen molar-refractivity contribution in [3.05, 3.63) is 20.7 Å². The minimum Gasteiger partial charge on any atom is -0.481 e. The second-order valence-electron chi connectivity index (χ2n) is 5.02. The van der Waals surface area contributed by atoms with E-state index in [0.717, 1.165) is 17.0 Å². The maximum atomic E-state index is 12.1. The second kappa shape index (κ2) is 7.97. The zero-order chi connectivity index (χ0) is 16.0. The van der Waals surface area contributed by atoms with Crippen molar-refractivity contribution < 1.29 is 14.7 Å². The molecule has 1 rings (SSSR count). The summed E-state index contributed by atoms with van der Waals surface area (Å²) < 4.78 is 1.66. The van der Waals surface area contributed by atoms with E-state index >= 15 is 0 Å². The number of hydrogen-bond donors (Lipinski definition) is 1. The van der Waals surface area contributed by atoms with Crippen molar-refractivity contribution in [2.24, 2.45) is 0 Å². The average Bonchev–Trinajstić information content (AvgIpc) is 2.70. The lowest BCUT2D eigenvalue weighted by atomic mass is 10.1. The largest absolute Gasteiger partial charge is 0.481 e. The Kier molecular flexibility index (Phi) is 6.61. The first-order valence-electron chi connectivity index (χ1n) is 7.03. The van der Waals surface area contributed by atoms with E-state index in [2.05, 4.69) is 0 Å². The molecule has 1 aromatic heterocycles. The smallest absolute Gasteiger partial charge is 0.307 e. The summed E-state index contributed by atoms with van der Waals surface area (Å²) in [5.74, 6) is -0.971. The Labute approximate surface area is 128 Å². The molecule has 1 aromatic rings. The summed E-state index contributed by atoms with van der Waals surface area (Å²) in [4.78, 5) is 36.0. The first-order valence-corrected chi connectivity index (χ1v) is 7.91. The van der Waals surface area contributed by atoms with Crippen LogP contribution in [0.2, 0.25) is 0 Å². The lowest BCUT2D eigenvalue weighted by molar-refractivity contribution is -0.140. The van der Waals surface area contributed by atoms with Gasteiger partial charge in [0.1, 0.15) is 0 Å². The molecule has 1 heterocycles. The number of thiazole rings is 1. The standard InChI is InChI=1S/C14H22N2O4S/c1-4-15(10(2)8-13(18)19)12(17)6-5-7-16-11(3)9-21-14(16)20/h9-10H,4-8H2,1-3H3,(H,18,19). The van der Waals surface area contributed by atoms with Crippen molar-refractivity contribution in [2.45, 2.75) is 52.6 Å². The number of hydrogen-bond acceptors (Lipinski definition) is 4. The summed E-state index contributed by atoms with van der Waals surface area (Å²) >= 11 is 1.16. The topological polar surface area (TPSA) is 79.6 Å². The van der Waals surface area contributed by atoms with Gasteiger partial charge in [0.05, 0.1) is 6.42 Å². The number of carbonyl (C=O) groups excluding carboxylic acids is 1. The molecule has 118 valence electrons. The summed E-state index contributed by atoms with van der Waals surface area (Å²) in [6, 6.07) is -0.314. The van der Waals surface area contributed by atoms with Crippen molar-refractivity contribution in [3.63, 3.8) is 0 Å². The summed E-state index contributed by atoms with van der Waals surface area (Å²) in [7, 11) is 0. The molecule has 7 heteroatoms. The van der Waals surface area contributed by atoms with Crippen LogP contribution in [0.5, 0.6) is 0 Å². The molecule has 0 bridgehead atoms. The molecule has 0 spiro atoms. The van der Waals surface area contributed by atoms with Crippen LogP contribution in [0.25, 0.3) is 0 Å². The van der Waals surface area contributed by atoms with Crippen molar-refractivity contribution in [3.8, 4) is 0 Å². The third kappa shape index (κ3) is 5.00. The van der Waals surface area contributed by atoms with Gasteiger partial charge in [-0.15, -0.1) is 0 Å². The number of carbonyl (C=O) groups is 2. The Balaban J connectivity index is 2.51. The summed E-state index contributed by atoms with van der Waals surface area (Å²) in [5, 5.41) is 10.6. The molecule has 0 aliphatic heterocycles. The van der Waals surface area contributed by atoms with Crippen LogP contribution in [0.15, 0.2) is 10.2 Å². The Hall–Kier alpha value is -1.63. The average molecular weight is 314 g/mol. The normalized spacial score (nSPS) is 12.1. The molecule has 0 fully saturated rings. The molecule has 0 aliphatic rings. The van der Waals surface area contributed by atoms with Gasteiger partial charge in [0.15, 0.2) is 0 Å². The fraction of sp³-hybridized carbons (Fsp3) is 0.643. The van der Waals surface area contributed by atoms with Gasteiger partial charge in [-0.25, -0.2) is 0 Å². The lowest BCUT2D eigenvalue weighted by Crippen LogP contribution is -2.39. The van der Waals surface area contributed by atoms with E-state index in [0.29, 0.717) is 25.9 Å². The molecular weight excluding hydrogens is 292 g/mol. The SMILES string of the molecule is CCN(C(=O)CCCn1c(C)csc1=O)C(C)CC(=O)O. The van der Waals surface area contributed by atoms with Gasteiger partial charge in [0.2, 0.25) is 5.91 Å². The molecule has 0 saturated carbocycles. The van der Waals surface area contributed by atoms with Crippen LogP contribution < -0.4 is 4.87 Å². The van der Waals surface area contributed by atoms with Crippen molar-refractivity contribution >= 4 is 23.2 Å². The van der Waals surface area contributed by atoms with E-state index in [1.54, 1.807) is 21.8 Å². The van der Waals surface area contributed by atoms with Gasteiger partial charge in [0, 0.05) is 36.6 Å². The summed E-state index contributed by atoms with van der Waals surface area (Å²) in [6.07, 6.45) is 0.842. The molecule has 0 saturated heterocycles. The predicted octanol–water partition coefficient (Wildman–Crippen LogP) is 1.71. The first-order chi connectivity index (χ1) is 9.86. The molecule has 0 radical (unpaired) electrons. The molecule has 1 N–H and O–H groups in total. The number of rotatable bonds is 8. The van der Waals surface area contributed by atoms with Crippen molar-refractivity contribution in [1.82, 2.24) is 9.47 Å². The lowest BCUT2D eigenvalue weighted by Gasteiger charge is -2.27. The Morgan fingerprint density at radius 3 is 2.62 bits per heavy atom. The minimum atomic E-state index is -0.908. The Bertz CT molecular complexity index is 549. The molecular formula is C14H22N2O4S. The second-order valence-corrected chi connectivity index (χ2v) is 5.85. The van der Waals surface area contributed by atoms with Gasteiger partial charge in [-0.3, -0.25) is 14.4 Å². The van der Waals surface area contributed by atoms with E-state index in [4.69, 9.17) is 5.11 Å². The highest BCUT2D eigenvalue weighted by Gasteiger charge is 2.20. The van der Waals surface area contributed by atoms with Gasteiger partial charge < -0.3 is 14.6 Å². The maximum Gasteiger partial charge on any atom is 0.307 e. The summed E-state index contributed by atoms with van der Waals surface area (Å²) in [6.45, 7) is 6.45. The molecule has 6 nitrogen and oxygen atoms in total. The Morgan fingerprint density at radius 2 is 2.14 bits per heavy atom. The number of carboxylic acids is 1.